The largest absolute Gasteiger partial charge is 0.486 e. The number of amides is 2. The van der Waals surface area contributed by atoms with E-state index in [0.29, 0.717) is 32.6 Å². The molecule has 1 fully saturated rings. The van der Waals surface area contributed by atoms with Crippen molar-refractivity contribution in [2.75, 3.05) is 13.2 Å². The molecule has 1 aliphatic heterocycles. The Kier molecular flexibility index (Phi) is 7.53. The van der Waals surface area contributed by atoms with E-state index in [-0.39, 0.29) is 17.9 Å². The summed E-state index contributed by atoms with van der Waals surface area (Å²) in [5, 5.41) is 3.15. The van der Waals surface area contributed by atoms with E-state index >= 15 is 0 Å². The molecule has 0 bridgehead atoms. The van der Waals surface area contributed by atoms with Crippen LogP contribution >= 0.6 is 0 Å². The second-order valence-electron chi connectivity index (χ2n) is 9.15. The second-order valence-corrected chi connectivity index (χ2v) is 9.15. The monoisotopic (exact) mass is 450 g/mol. The van der Waals surface area contributed by atoms with Gasteiger partial charge in [0.25, 0.3) is 0 Å². The first kappa shape index (κ1) is 23.1. The van der Waals surface area contributed by atoms with Crippen molar-refractivity contribution in [1.29, 1.82) is 0 Å². The van der Waals surface area contributed by atoms with E-state index in [0.717, 1.165) is 48.3 Å². The third-order valence-electron chi connectivity index (χ3n) is 6.58. The van der Waals surface area contributed by atoms with Crippen molar-refractivity contribution in [2.45, 2.75) is 71.0 Å². The standard InChI is InChI=1S/C27H34N2O4/c1-19-7-9-22(10-8-19)18-29(20(2)27(31)28-23-5-3-4-6-23)26(30)14-12-21-11-13-24-25(17-21)33-16-15-32-24/h7-11,13,17,20,23H,3-6,12,14-16,18H2,1-2H3,(H,28,31)/t20-/m0/s1. The molecule has 2 aromatic carbocycles. The van der Waals surface area contributed by atoms with Crippen molar-refractivity contribution in [3.05, 3.63) is 59.2 Å². The molecule has 1 N–H and O–H groups in total. The molecule has 1 atom stereocenters. The first-order valence-electron chi connectivity index (χ1n) is 12.0. The summed E-state index contributed by atoms with van der Waals surface area (Å²) in [5.74, 6) is 1.38. The first-order chi connectivity index (χ1) is 16.0. The van der Waals surface area contributed by atoms with Gasteiger partial charge in [0.1, 0.15) is 19.3 Å². The van der Waals surface area contributed by atoms with Crippen molar-refractivity contribution < 1.29 is 19.1 Å². The predicted octanol–water partition coefficient (Wildman–Crippen LogP) is 4.17. The van der Waals surface area contributed by atoms with Crippen molar-refractivity contribution >= 4 is 11.8 Å². The maximum absolute atomic E-state index is 13.3. The number of benzene rings is 2. The van der Waals surface area contributed by atoms with Crippen molar-refractivity contribution in [1.82, 2.24) is 10.2 Å². The summed E-state index contributed by atoms with van der Waals surface area (Å²) in [6.45, 7) is 5.38. The van der Waals surface area contributed by atoms with Gasteiger partial charge in [-0.05, 0) is 56.4 Å². The average Bonchev–Trinajstić information content (AvgIpc) is 3.34. The van der Waals surface area contributed by atoms with Crippen molar-refractivity contribution in [3.8, 4) is 11.5 Å². The van der Waals surface area contributed by atoms with Gasteiger partial charge in [0.15, 0.2) is 11.5 Å². The van der Waals surface area contributed by atoms with E-state index in [1.165, 1.54) is 5.56 Å². The Hall–Kier alpha value is -3.02. The molecule has 6 heteroatoms. The third-order valence-corrected chi connectivity index (χ3v) is 6.58. The lowest BCUT2D eigenvalue weighted by Crippen LogP contribution is -2.49. The predicted molar refractivity (Wildman–Crippen MR) is 127 cm³/mol. The van der Waals surface area contributed by atoms with Crippen LogP contribution < -0.4 is 14.8 Å². The normalized spacial score (nSPS) is 16.3. The number of hydrogen-bond acceptors (Lipinski definition) is 4. The lowest BCUT2D eigenvalue weighted by Gasteiger charge is -2.30. The molecule has 1 saturated carbocycles. The van der Waals surface area contributed by atoms with E-state index in [2.05, 4.69) is 5.32 Å². The van der Waals surface area contributed by atoms with Crippen LogP contribution in [0.5, 0.6) is 11.5 Å². The fourth-order valence-electron chi connectivity index (χ4n) is 4.50. The fraction of sp³-hybridized carbons (Fsp3) is 0.481. The highest BCUT2D eigenvalue weighted by Gasteiger charge is 2.28. The summed E-state index contributed by atoms with van der Waals surface area (Å²) in [4.78, 5) is 28.1. The highest BCUT2D eigenvalue weighted by atomic mass is 16.6. The van der Waals surface area contributed by atoms with Gasteiger partial charge in [-0.15, -0.1) is 0 Å². The highest BCUT2D eigenvalue weighted by molar-refractivity contribution is 5.87. The highest BCUT2D eigenvalue weighted by Crippen LogP contribution is 2.31. The molecule has 0 saturated heterocycles. The molecule has 2 amide bonds. The van der Waals surface area contributed by atoms with Crippen LogP contribution in [0.15, 0.2) is 42.5 Å². The molecule has 176 valence electrons. The Morgan fingerprint density at radius 3 is 2.39 bits per heavy atom. The molecule has 2 aliphatic rings. The zero-order valence-electron chi connectivity index (χ0n) is 19.6. The quantitative estimate of drug-likeness (QED) is 0.655. The minimum atomic E-state index is -0.528. The van der Waals surface area contributed by atoms with Gasteiger partial charge in [-0.2, -0.15) is 0 Å². The number of nitrogens with one attached hydrogen (secondary N) is 1. The van der Waals surface area contributed by atoms with Crippen LogP contribution in [0.3, 0.4) is 0 Å². The van der Waals surface area contributed by atoms with Crippen LogP contribution in [0.2, 0.25) is 0 Å². The Morgan fingerprint density at radius 1 is 1.00 bits per heavy atom. The maximum atomic E-state index is 13.3. The first-order valence-corrected chi connectivity index (χ1v) is 12.0. The Balaban J connectivity index is 1.44. The van der Waals surface area contributed by atoms with Crippen LogP contribution in [0.1, 0.15) is 55.7 Å². The van der Waals surface area contributed by atoms with Gasteiger partial charge in [0, 0.05) is 19.0 Å². The Morgan fingerprint density at radius 2 is 1.67 bits per heavy atom. The molecule has 0 unspecified atom stereocenters. The lowest BCUT2D eigenvalue weighted by atomic mass is 10.1. The van der Waals surface area contributed by atoms with Crippen LogP contribution in [0, 0.1) is 6.92 Å². The van der Waals surface area contributed by atoms with Gasteiger partial charge in [-0.25, -0.2) is 0 Å². The third kappa shape index (κ3) is 6.06. The number of carbonyl (C=O) groups is 2. The maximum Gasteiger partial charge on any atom is 0.242 e. The minimum Gasteiger partial charge on any atom is -0.486 e. The number of rotatable bonds is 8. The van der Waals surface area contributed by atoms with Crippen LogP contribution in [0.25, 0.3) is 0 Å². The molecule has 0 aromatic heterocycles. The molecular weight excluding hydrogens is 416 g/mol. The van der Waals surface area contributed by atoms with Gasteiger partial charge in [0.05, 0.1) is 0 Å². The zero-order chi connectivity index (χ0) is 23.2. The number of hydrogen-bond donors (Lipinski definition) is 1. The molecular formula is C27H34N2O4. The summed E-state index contributed by atoms with van der Waals surface area (Å²) in [7, 11) is 0. The van der Waals surface area contributed by atoms with E-state index in [4.69, 9.17) is 9.47 Å². The summed E-state index contributed by atoms with van der Waals surface area (Å²) >= 11 is 0. The smallest absolute Gasteiger partial charge is 0.242 e. The van der Waals surface area contributed by atoms with Gasteiger partial charge in [-0.1, -0.05) is 48.7 Å². The number of fused-ring (bicyclic) bond motifs is 1. The molecule has 33 heavy (non-hydrogen) atoms. The topological polar surface area (TPSA) is 67.9 Å². The average molecular weight is 451 g/mol. The fourth-order valence-corrected chi connectivity index (χ4v) is 4.50. The van der Waals surface area contributed by atoms with E-state index in [1.54, 1.807) is 4.90 Å². The van der Waals surface area contributed by atoms with Crippen LogP contribution in [-0.2, 0) is 22.6 Å². The number of nitrogens with zero attached hydrogens (tertiary/aromatic N) is 1. The summed E-state index contributed by atoms with van der Waals surface area (Å²) in [6, 6.07) is 13.6. The van der Waals surface area contributed by atoms with Crippen LogP contribution in [-0.4, -0.2) is 42.0 Å². The van der Waals surface area contributed by atoms with Gasteiger partial charge >= 0.3 is 0 Å². The minimum absolute atomic E-state index is 0.0282. The number of ether oxygens (including phenoxy) is 2. The van der Waals surface area contributed by atoms with E-state index in [9.17, 15) is 9.59 Å². The van der Waals surface area contributed by atoms with Crippen molar-refractivity contribution in [3.63, 3.8) is 0 Å². The Labute approximate surface area is 196 Å². The molecule has 1 heterocycles. The molecule has 4 rings (SSSR count). The summed E-state index contributed by atoms with van der Waals surface area (Å²) in [6.07, 6.45) is 5.26. The van der Waals surface area contributed by atoms with E-state index < -0.39 is 6.04 Å². The number of carbonyl (C=O) groups excluding carboxylic acids is 2. The summed E-state index contributed by atoms with van der Waals surface area (Å²) in [5.41, 5.74) is 3.21. The lowest BCUT2D eigenvalue weighted by molar-refractivity contribution is -0.140. The summed E-state index contributed by atoms with van der Waals surface area (Å²) < 4.78 is 11.3. The molecule has 0 radical (unpaired) electrons. The molecule has 2 aromatic rings. The van der Waals surface area contributed by atoms with Gasteiger partial charge < -0.3 is 19.7 Å². The SMILES string of the molecule is Cc1ccc(CN(C(=O)CCc2ccc3c(c2)OCCO3)[C@@H](C)C(=O)NC2CCCC2)cc1. The zero-order valence-corrected chi connectivity index (χ0v) is 19.6. The van der Waals surface area contributed by atoms with Crippen molar-refractivity contribution in [2.24, 2.45) is 0 Å². The number of aryl methyl sites for hydroxylation is 2. The van der Waals surface area contributed by atoms with E-state index in [1.807, 2.05) is 56.3 Å². The second kappa shape index (κ2) is 10.7. The molecule has 0 spiro atoms. The van der Waals surface area contributed by atoms with Gasteiger partial charge in [-0.3, -0.25) is 9.59 Å². The molecule has 1 aliphatic carbocycles. The van der Waals surface area contributed by atoms with Gasteiger partial charge in [0.2, 0.25) is 11.8 Å². The van der Waals surface area contributed by atoms with Crippen LogP contribution in [0.4, 0.5) is 0 Å². The Bertz CT molecular complexity index is 967. The molecule has 6 nitrogen and oxygen atoms in total.